The fraction of sp³-hybridized carbons (Fsp3) is 0.375. The number of hydrogen-bond acceptors (Lipinski definition) is 6. The first kappa shape index (κ1) is 20.8. The number of cyclic esters (lactones) is 1. The first-order chi connectivity index (χ1) is 15.3. The predicted molar refractivity (Wildman–Crippen MR) is 115 cm³/mol. The van der Waals surface area contributed by atoms with Crippen LogP contribution in [0.4, 0.5) is 4.39 Å². The molecule has 2 aliphatic rings. The van der Waals surface area contributed by atoms with Gasteiger partial charge in [-0.3, -0.25) is 4.79 Å². The Morgan fingerprint density at radius 3 is 2.62 bits per heavy atom. The highest BCUT2D eigenvalue weighted by Crippen LogP contribution is 2.41. The maximum atomic E-state index is 14.6. The van der Waals surface area contributed by atoms with Gasteiger partial charge in [-0.15, -0.1) is 0 Å². The molecule has 0 spiro atoms. The minimum atomic E-state index is -1.90. The van der Waals surface area contributed by atoms with Crippen molar-refractivity contribution < 1.29 is 24.1 Å². The predicted octanol–water partition coefficient (Wildman–Crippen LogP) is 2.58. The van der Waals surface area contributed by atoms with Gasteiger partial charge in [0.2, 0.25) is 0 Å². The highest BCUT2D eigenvalue weighted by Gasteiger charge is 2.45. The zero-order valence-corrected chi connectivity index (χ0v) is 18.1. The molecule has 2 N–H and O–H groups in total. The van der Waals surface area contributed by atoms with Gasteiger partial charge in [0.1, 0.15) is 12.4 Å². The van der Waals surface area contributed by atoms with Crippen LogP contribution in [-0.2, 0) is 41.3 Å². The molecule has 1 atom stereocenters. The molecule has 3 aromatic rings. The van der Waals surface area contributed by atoms with Gasteiger partial charge in [0.05, 0.1) is 35.6 Å². The monoisotopic (exact) mass is 438 g/mol. The Kier molecular flexibility index (Phi) is 4.51. The van der Waals surface area contributed by atoms with Crippen LogP contribution in [-0.4, -0.2) is 25.7 Å². The summed E-state index contributed by atoms with van der Waals surface area (Å²) in [6, 6.07) is 2.99. The number of fused-ring (bicyclic) bond motifs is 5. The number of carbonyl (C=O) groups is 1. The molecule has 166 valence electrons. The van der Waals surface area contributed by atoms with Gasteiger partial charge < -0.3 is 19.5 Å². The molecule has 0 unspecified atom stereocenters. The smallest absolute Gasteiger partial charge is 0.343 e. The number of aryl methyl sites for hydroxylation is 1. The summed E-state index contributed by atoms with van der Waals surface area (Å²) < 4.78 is 21.2. The number of nitrogens with zero attached hydrogens (tertiary/aromatic N) is 2. The number of aliphatic hydroxyl groups excluding tert-OH is 1. The van der Waals surface area contributed by atoms with E-state index < -0.39 is 17.4 Å². The van der Waals surface area contributed by atoms with Gasteiger partial charge in [0, 0.05) is 22.6 Å². The molecule has 7 nitrogen and oxygen atoms in total. The van der Waals surface area contributed by atoms with Crippen molar-refractivity contribution in [2.45, 2.75) is 59.0 Å². The van der Waals surface area contributed by atoms with Gasteiger partial charge in [-0.2, -0.15) is 0 Å². The Balaban J connectivity index is 1.86. The Labute approximate surface area is 183 Å². The molecule has 0 amide bonds. The average molecular weight is 438 g/mol. The van der Waals surface area contributed by atoms with Crippen molar-refractivity contribution in [1.29, 1.82) is 0 Å². The number of halogens is 1. The Morgan fingerprint density at radius 2 is 1.97 bits per heavy atom. The van der Waals surface area contributed by atoms with Crippen molar-refractivity contribution in [2.75, 3.05) is 0 Å². The lowest BCUT2D eigenvalue weighted by molar-refractivity contribution is -0.172. The van der Waals surface area contributed by atoms with Crippen LogP contribution < -0.4 is 5.56 Å². The Morgan fingerprint density at radius 1 is 1.22 bits per heavy atom. The number of ether oxygens (including phenoxy) is 1. The SMILES string of the molecule is CCc1c2c(nc3cc(F)c(C)c(CO)c13)-c1cc3c(c(=O)n1C2)COC(=O)[C@]3(O)CC. The normalized spacial score (nSPS) is 19.0. The number of hydrogen-bond donors (Lipinski definition) is 2. The summed E-state index contributed by atoms with van der Waals surface area (Å²) in [6.45, 7) is 5.00. The van der Waals surface area contributed by atoms with E-state index in [1.54, 1.807) is 24.5 Å². The zero-order valence-electron chi connectivity index (χ0n) is 18.1. The van der Waals surface area contributed by atoms with E-state index in [1.807, 2.05) is 6.92 Å². The molecular weight excluding hydrogens is 415 g/mol. The van der Waals surface area contributed by atoms with Gasteiger partial charge in [-0.05, 0) is 42.5 Å². The van der Waals surface area contributed by atoms with Gasteiger partial charge in [-0.25, -0.2) is 14.2 Å². The Hall–Kier alpha value is -3.10. The Bertz CT molecular complexity index is 1390. The molecule has 5 rings (SSSR count). The highest BCUT2D eigenvalue weighted by molar-refractivity contribution is 5.92. The van der Waals surface area contributed by atoms with E-state index in [1.165, 1.54) is 6.07 Å². The largest absolute Gasteiger partial charge is 0.458 e. The quantitative estimate of drug-likeness (QED) is 0.477. The third-order valence-electron chi connectivity index (χ3n) is 6.93. The molecule has 0 aliphatic carbocycles. The second kappa shape index (κ2) is 6.95. The van der Waals surface area contributed by atoms with Crippen molar-refractivity contribution in [3.05, 3.63) is 61.7 Å². The molecule has 2 aromatic heterocycles. The number of carbonyl (C=O) groups excluding carboxylic acids is 1. The lowest BCUT2D eigenvalue weighted by atomic mass is 9.86. The maximum absolute atomic E-state index is 14.6. The van der Waals surface area contributed by atoms with Crippen molar-refractivity contribution >= 4 is 16.9 Å². The minimum Gasteiger partial charge on any atom is -0.458 e. The highest BCUT2D eigenvalue weighted by atomic mass is 19.1. The average Bonchev–Trinajstić information content (AvgIpc) is 3.15. The van der Waals surface area contributed by atoms with E-state index in [2.05, 4.69) is 0 Å². The topological polar surface area (TPSA) is 102 Å². The molecule has 0 fully saturated rings. The zero-order chi connectivity index (χ0) is 22.9. The van der Waals surface area contributed by atoms with Crippen LogP contribution in [0.15, 0.2) is 16.9 Å². The van der Waals surface area contributed by atoms with Crippen LogP contribution in [0, 0.1) is 12.7 Å². The van der Waals surface area contributed by atoms with E-state index >= 15 is 0 Å². The molecule has 32 heavy (non-hydrogen) atoms. The fourth-order valence-electron chi connectivity index (χ4n) is 5.07. The molecular formula is C24H23FN2O5. The first-order valence-electron chi connectivity index (χ1n) is 10.7. The van der Waals surface area contributed by atoms with Crippen LogP contribution in [0.3, 0.4) is 0 Å². The van der Waals surface area contributed by atoms with E-state index in [9.17, 15) is 24.2 Å². The van der Waals surface area contributed by atoms with Crippen molar-refractivity contribution in [1.82, 2.24) is 9.55 Å². The van der Waals surface area contributed by atoms with Crippen LogP contribution >= 0.6 is 0 Å². The first-order valence-corrected chi connectivity index (χ1v) is 10.7. The summed E-state index contributed by atoms with van der Waals surface area (Å²) in [4.78, 5) is 30.4. The lowest BCUT2D eigenvalue weighted by Crippen LogP contribution is -2.44. The molecule has 4 heterocycles. The van der Waals surface area contributed by atoms with E-state index in [0.29, 0.717) is 39.8 Å². The number of aromatic nitrogens is 2. The second-order valence-corrected chi connectivity index (χ2v) is 8.39. The molecule has 0 saturated heterocycles. The summed E-state index contributed by atoms with van der Waals surface area (Å²) >= 11 is 0. The van der Waals surface area contributed by atoms with Crippen molar-refractivity contribution in [3.8, 4) is 11.4 Å². The molecule has 0 radical (unpaired) electrons. The summed E-state index contributed by atoms with van der Waals surface area (Å²) in [7, 11) is 0. The molecule has 8 heteroatoms. The summed E-state index contributed by atoms with van der Waals surface area (Å²) in [5, 5.41) is 21.7. The number of esters is 1. The van der Waals surface area contributed by atoms with Gasteiger partial charge in [0.25, 0.3) is 5.56 Å². The molecule has 2 aliphatic heterocycles. The number of pyridine rings is 2. The van der Waals surface area contributed by atoms with E-state index in [4.69, 9.17) is 9.72 Å². The molecule has 0 bridgehead atoms. The summed E-state index contributed by atoms with van der Waals surface area (Å²) in [5.41, 5.74) is 2.26. The van der Waals surface area contributed by atoms with Crippen LogP contribution in [0.1, 0.15) is 53.6 Å². The van der Waals surface area contributed by atoms with Gasteiger partial charge in [-0.1, -0.05) is 13.8 Å². The van der Waals surface area contributed by atoms with Gasteiger partial charge in [0.15, 0.2) is 5.60 Å². The summed E-state index contributed by atoms with van der Waals surface area (Å²) in [6.07, 6.45) is 0.659. The minimum absolute atomic E-state index is 0.0598. The lowest BCUT2D eigenvalue weighted by Gasteiger charge is -2.31. The maximum Gasteiger partial charge on any atom is 0.343 e. The number of aliphatic hydroxyl groups is 2. The molecule has 1 aromatic carbocycles. The third-order valence-corrected chi connectivity index (χ3v) is 6.93. The van der Waals surface area contributed by atoms with Crippen LogP contribution in [0.25, 0.3) is 22.3 Å². The summed E-state index contributed by atoms with van der Waals surface area (Å²) in [5.74, 6) is -1.24. The fourth-order valence-corrected chi connectivity index (χ4v) is 5.07. The van der Waals surface area contributed by atoms with Crippen LogP contribution in [0.5, 0.6) is 0 Å². The van der Waals surface area contributed by atoms with E-state index in [-0.39, 0.29) is 42.9 Å². The number of rotatable bonds is 3. The molecule has 0 saturated carbocycles. The van der Waals surface area contributed by atoms with Crippen molar-refractivity contribution in [3.63, 3.8) is 0 Å². The van der Waals surface area contributed by atoms with E-state index in [0.717, 1.165) is 11.1 Å². The van der Waals surface area contributed by atoms with Crippen LogP contribution in [0.2, 0.25) is 0 Å². The van der Waals surface area contributed by atoms with Crippen molar-refractivity contribution in [2.24, 2.45) is 0 Å². The second-order valence-electron chi connectivity index (χ2n) is 8.39. The third kappa shape index (κ3) is 2.50. The standard InChI is InChI=1S/C24H23FN2O5/c1-4-12-13-8-27-19(6-16-15(22(27)29)10-32-23(30)24(16,31)5-2)21(13)26-18-7-17(25)11(3)14(9-28)20(12)18/h6-7,28,31H,4-5,8-10H2,1-3H3/t24-/m0/s1. The van der Waals surface area contributed by atoms with Gasteiger partial charge >= 0.3 is 5.97 Å². The number of benzene rings is 1.